The van der Waals surface area contributed by atoms with Crippen LogP contribution >= 0.6 is 0 Å². The molecule has 0 radical (unpaired) electrons. The molecule has 2 aromatic carbocycles. The summed E-state index contributed by atoms with van der Waals surface area (Å²) in [6, 6.07) is 19.8. The summed E-state index contributed by atoms with van der Waals surface area (Å²) in [5, 5.41) is 4.57. The highest BCUT2D eigenvalue weighted by atomic mass is 28.4. The first-order chi connectivity index (χ1) is 21.3. The van der Waals surface area contributed by atoms with Crippen LogP contribution in [0.1, 0.15) is 57.7 Å². The molecule has 1 heterocycles. The predicted octanol–water partition coefficient (Wildman–Crippen LogP) is 7.63. The highest BCUT2D eigenvalue weighted by Crippen LogP contribution is 2.43. The highest BCUT2D eigenvalue weighted by Gasteiger charge is 2.52. The lowest BCUT2D eigenvalue weighted by Crippen LogP contribution is -2.63. The maximum absolute atomic E-state index is 14.0. The van der Waals surface area contributed by atoms with E-state index in [9.17, 15) is 27.6 Å². The molecule has 8 nitrogen and oxygen atoms in total. The maximum atomic E-state index is 14.0. The standard InChI is InChI=1S/C34H44F3N3O5Si/c1-24(2)33(23-34(35,36)37,45-46(6,7)32(3,4)5)39-29(41)21-40-20-27(18-25-14-10-8-11-15-25)19-28(30(40)42)38-31(43)44-22-26-16-12-9-13-17-26/h8-17,19-20,24H,18,21-23H2,1-7H3,(H,38,43)(H,39,41). The van der Waals surface area contributed by atoms with E-state index in [0.717, 1.165) is 15.7 Å². The molecular formula is C34H44F3N3O5Si. The molecule has 0 fully saturated rings. The van der Waals surface area contributed by atoms with E-state index >= 15 is 0 Å². The van der Waals surface area contributed by atoms with E-state index in [-0.39, 0.29) is 12.3 Å². The zero-order valence-electron chi connectivity index (χ0n) is 27.5. The Balaban J connectivity index is 1.95. The second kappa shape index (κ2) is 14.7. The van der Waals surface area contributed by atoms with Gasteiger partial charge in [0.15, 0.2) is 8.32 Å². The molecule has 0 aliphatic rings. The topological polar surface area (TPSA) is 98.7 Å². The van der Waals surface area contributed by atoms with Crippen LogP contribution in [-0.2, 0) is 33.5 Å². The molecule has 46 heavy (non-hydrogen) atoms. The molecule has 1 aromatic heterocycles. The smallest absolute Gasteiger partial charge is 0.412 e. The molecule has 250 valence electrons. The molecular weight excluding hydrogens is 615 g/mol. The Bertz CT molecular complexity index is 1540. The summed E-state index contributed by atoms with van der Waals surface area (Å²) in [7, 11) is -2.83. The number of carbonyl (C=O) groups excluding carboxylic acids is 2. The van der Waals surface area contributed by atoms with Gasteiger partial charge in [-0.15, -0.1) is 0 Å². The summed E-state index contributed by atoms with van der Waals surface area (Å²) in [6.07, 6.45) is -5.11. The normalized spacial score (nSPS) is 13.6. The zero-order chi connectivity index (χ0) is 34.3. The highest BCUT2D eigenvalue weighted by molar-refractivity contribution is 6.74. The molecule has 2 N–H and O–H groups in total. The number of nitrogens with one attached hydrogen (secondary N) is 2. The summed E-state index contributed by atoms with van der Waals surface area (Å²) in [5.74, 6) is -1.60. The number of aromatic nitrogens is 1. The van der Waals surface area contributed by atoms with E-state index < -0.39 is 61.7 Å². The lowest BCUT2D eigenvalue weighted by molar-refractivity contribution is -0.190. The maximum Gasteiger partial charge on any atom is 0.412 e. The number of pyridine rings is 1. The van der Waals surface area contributed by atoms with Gasteiger partial charge in [0.1, 0.15) is 24.6 Å². The third kappa shape index (κ3) is 10.3. The van der Waals surface area contributed by atoms with Crippen LogP contribution in [-0.4, -0.2) is 36.8 Å². The van der Waals surface area contributed by atoms with E-state index in [2.05, 4.69) is 10.6 Å². The van der Waals surface area contributed by atoms with Crippen LogP contribution < -0.4 is 16.2 Å². The fourth-order valence-electron chi connectivity index (χ4n) is 4.61. The van der Waals surface area contributed by atoms with Gasteiger partial charge in [-0.1, -0.05) is 95.3 Å². The molecule has 3 aromatic rings. The van der Waals surface area contributed by atoms with Crippen molar-refractivity contribution >= 4 is 26.0 Å². The first-order valence-corrected chi connectivity index (χ1v) is 18.0. The minimum Gasteiger partial charge on any atom is -0.444 e. The Labute approximate surface area is 269 Å². The number of hydrogen-bond donors (Lipinski definition) is 2. The van der Waals surface area contributed by atoms with Crippen molar-refractivity contribution in [2.75, 3.05) is 5.32 Å². The van der Waals surface area contributed by atoms with Crippen molar-refractivity contribution in [2.45, 2.75) is 90.6 Å². The zero-order valence-corrected chi connectivity index (χ0v) is 28.5. The number of alkyl halides is 3. The van der Waals surface area contributed by atoms with Gasteiger partial charge >= 0.3 is 12.3 Å². The van der Waals surface area contributed by atoms with Crippen LogP contribution in [0.5, 0.6) is 0 Å². The van der Waals surface area contributed by atoms with Crippen molar-refractivity contribution < 1.29 is 31.9 Å². The van der Waals surface area contributed by atoms with Crippen LogP contribution in [0.4, 0.5) is 23.7 Å². The van der Waals surface area contributed by atoms with Crippen LogP contribution in [0.25, 0.3) is 0 Å². The first-order valence-electron chi connectivity index (χ1n) is 15.1. The lowest BCUT2D eigenvalue weighted by atomic mass is 9.95. The molecule has 1 atom stereocenters. The summed E-state index contributed by atoms with van der Waals surface area (Å²) in [5.41, 5.74) is -0.688. The van der Waals surface area contributed by atoms with E-state index in [0.29, 0.717) is 12.0 Å². The summed E-state index contributed by atoms with van der Waals surface area (Å²) in [6.45, 7) is 11.8. The van der Waals surface area contributed by atoms with Crippen molar-refractivity contribution in [3.05, 3.63) is 100.0 Å². The Hall–Kier alpha value is -3.90. The number of amides is 2. The molecule has 0 spiro atoms. The van der Waals surface area contributed by atoms with Crippen molar-refractivity contribution in [3.8, 4) is 0 Å². The second-order valence-electron chi connectivity index (χ2n) is 13.3. The van der Waals surface area contributed by atoms with Gasteiger partial charge in [-0.2, -0.15) is 13.2 Å². The lowest BCUT2D eigenvalue weighted by Gasteiger charge is -2.48. The number of benzene rings is 2. The average Bonchev–Trinajstić information content (AvgIpc) is 2.93. The number of halogens is 3. The number of ether oxygens (including phenoxy) is 1. The Morgan fingerprint density at radius 3 is 2.00 bits per heavy atom. The minimum absolute atomic E-state index is 0.0301. The molecule has 0 saturated carbocycles. The van der Waals surface area contributed by atoms with Gasteiger partial charge in [0, 0.05) is 12.1 Å². The minimum atomic E-state index is -4.65. The summed E-state index contributed by atoms with van der Waals surface area (Å²) < 4.78 is 54.7. The third-order valence-electron chi connectivity index (χ3n) is 8.15. The van der Waals surface area contributed by atoms with Gasteiger partial charge in [0.25, 0.3) is 5.56 Å². The first kappa shape index (κ1) is 36.6. The third-order valence-corrected chi connectivity index (χ3v) is 12.6. The van der Waals surface area contributed by atoms with Gasteiger partial charge in [-0.25, -0.2) is 4.79 Å². The molecule has 0 aliphatic heterocycles. The molecule has 0 bridgehead atoms. The van der Waals surface area contributed by atoms with Crippen LogP contribution in [0.15, 0.2) is 77.7 Å². The van der Waals surface area contributed by atoms with E-state index in [1.807, 2.05) is 70.3 Å². The van der Waals surface area contributed by atoms with Gasteiger partial charge in [-0.3, -0.25) is 14.9 Å². The number of nitrogens with zero attached hydrogens (tertiary/aromatic N) is 1. The monoisotopic (exact) mass is 659 g/mol. The van der Waals surface area contributed by atoms with Crippen molar-refractivity contribution in [2.24, 2.45) is 5.92 Å². The van der Waals surface area contributed by atoms with Crippen LogP contribution in [0.2, 0.25) is 18.1 Å². The van der Waals surface area contributed by atoms with Crippen molar-refractivity contribution in [1.82, 2.24) is 9.88 Å². The van der Waals surface area contributed by atoms with Gasteiger partial charge < -0.3 is 19.0 Å². The molecule has 0 aliphatic carbocycles. The Kier molecular flexibility index (Phi) is 11.7. The van der Waals surface area contributed by atoms with Crippen molar-refractivity contribution in [1.29, 1.82) is 0 Å². The van der Waals surface area contributed by atoms with Gasteiger partial charge in [-0.05, 0) is 47.3 Å². The van der Waals surface area contributed by atoms with E-state index in [1.54, 1.807) is 38.1 Å². The predicted molar refractivity (Wildman–Crippen MR) is 175 cm³/mol. The fourth-order valence-corrected chi connectivity index (χ4v) is 6.19. The van der Waals surface area contributed by atoms with Gasteiger partial charge in [0.05, 0.1) is 6.42 Å². The van der Waals surface area contributed by atoms with Crippen molar-refractivity contribution in [3.63, 3.8) is 0 Å². The van der Waals surface area contributed by atoms with Gasteiger partial charge in [0.2, 0.25) is 5.91 Å². The quantitative estimate of drug-likeness (QED) is 0.154. The largest absolute Gasteiger partial charge is 0.444 e. The van der Waals surface area contributed by atoms with E-state index in [1.165, 1.54) is 12.3 Å². The number of rotatable bonds is 12. The summed E-state index contributed by atoms with van der Waals surface area (Å²) in [4.78, 5) is 39.7. The number of anilines is 1. The van der Waals surface area contributed by atoms with E-state index in [4.69, 9.17) is 9.16 Å². The second-order valence-corrected chi connectivity index (χ2v) is 18.0. The number of carbonyl (C=O) groups is 2. The SMILES string of the molecule is CC(C)C(CC(F)(F)F)(NC(=O)Cn1cc(Cc2ccccc2)cc(NC(=O)OCc2ccccc2)c1=O)O[Si](C)(C)C(C)(C)C. The van der Waals surface area contributed by atoms with Crippen LogP contribution in [0, 0.1) is 5.92 Å². The Morgan fingerprint density at radius 1 is 0.913 bits per heavy atom. The Morgan fingerprint density at radius 2 is 1.48 bits per heavy atom. The average molecular weight is 660 g/mol. The molecule has 2 amide bonds. The number of hydrogen-bond acceptors (Lipinski definition) is 5. The molecule has 3 rings (SSSR count). The summed E-state index contributed by atoms with van der Waals surface area (Å²) >= 11 is 0. The van der Waals surface area contributed by atoms with Crippen LogP contribution in [0.3, 0.4) is 0 Å². The fraction of sp³-hybridized carbons (Fsp3) is 0.441. The molecule has 0 saturated heterocycles. The molecule has 1 unspecified atom stereocenters. The molecule has 12 heteroatoms.